The highest BCUT2D eigenvalue weighted by atomic mass is 32.1. The summed E-state index contributed by atoms with van der Waals surface area (Å²) in [5.74, 6) is -1.25. The molecule has 0 atom stereocenters. The molecule has 0 aliphatic heterocycles. The summed E-state index contributed by atoms with van der Waals surface area (Å²) in [6, 6.07) is 15.3. The van der Waals surface area contributed by atoms with Crippen molar-refractivity contribution in [1.29, 1.82) is 0 Å². The number of nitrogens with one attached hydrogen (secondary N) is 1. The molecule has 3 aromatic rings. The summed E-state index contributed by atoms with van der Waals surface area (Å²) in [5, 5.41) is 3.19. The molecule has 6 heteroatoms. The van der Waals surface area contributed by atoms with Gasteiger partial charge in [-0.15, -0.1) is 11.3 Å². The van der Waals surface area contributed by atoms with Crippen LogP contribution in [0.5, 0.6) is 0 Å². The monoisotopic (exact) mass is 409 g/mol. The highest BCUT2D eigenvalue weighted by molar-refractivity contribution is 7.17. The SMILES string of the molecule is CCOC(=O)c1c(NC(=O)/C=C/c2ccccc2)sc(C)c1-c1ccc(F)cc1. The molecule has 4 nitrogen and oxygen atoms in total. The summed E-state index contributed by atoms with van der Waals surface area (Å²) < 4.78 is 18.5. The molecule has 1 amide bonds. The average molecular weight is 409 g/mol. The normalized spacial score (nSPS) is 10.9. The van der Waals surface area contributed by atoms with Crippen LogP contribution in [-0.2, 0) is 9.53 Å². The lowest BCUT2D eigenvalue weighted by Crippen LogP contribution is -2.12. The second-order valence-electron chi connectivity index (χ2n) is 6.20. The Bertz CT molecular complexity index is 1040. The lowest BCUT2D eigenvalue weighted by Gasteiger charge is -2.08. The van der Waals surface area contributed by atoms with Gasteiger partial charge in [0.25, 0.3) is 0 Å². The van der Waals surface area contributed by atoms with Gasteiger partial charge >= 0.3 is 5.97 Å². The van der Waals surface area contributed by atoms with Gasteiger partial charge < -0.3 is 10.1 Å². The lowest BCUT2D eigenvalue weighted by atomic mass is 10.0. The Hall–Kier alpha value is -3.25. The van der Waals surface area contributed by atoms with Gasteiger partial charge in [0.15, 0.2) is 0 Å². The van der Waals surface area contributed by atoms with E-state index >= 15 is 0 Å². The minimum Gasteiger partial charge on any atom is -0.462 e. The fourth-order valence-corrected chi connectivity index (χ4v) is 3.95. The van der Waals surface area contributed by atoms with Gasteiger partial charge in [-0.2, -0.15) is 0 Å². The molecule has 0 radical (unpaired) electrons. The molecule has 148 valence electrons. The molecule has 2 aromatic carbocycles. The van der Waals surface area contributed by atoms with E-state index < -0.39 is 5.97 Å². The lowest BCUT2D eigenvalue weighted by molar-refractivity contribution is -0.111. The number of ether oxygens (including phenoxy) is 1. The van der Waals surface area contributed by atoms with Crippen molar-refractivity contribution in [2.45, 2.75) is 13.8 Å². The van der Waals surface area contributed by atoms with Crippen LogP contribution in [-0.4, -0.2) is 18.5 Å². The first-order valence-electron chi connectivity index (χ1n) is 9.10. The number of anilines is 1. The van der Waals surface area contributed by atoms with E-state index in [1.807, 2.05) is 37.3 Å². The third-order valence-corrected chi connectivity index (χ3v) is 5.18. The van der Waals surface area contributed by atoms with Gasteiger partial charge in [0.05, 0.1) is 6.61 Å². The maximum absolute atomic E-state index is 13.3. The Balaban J connectivity index is 1.94. The summed E-state index contributed by atoms with van der Waals surface area (Å²) in [6.07, 6.45) is 3.11. The van der Waals surface area contributed by atoms with Crippen molar-refractivity contribution in [2.75, 3.05) is 11.9 Å². The average Bonchev–Trinajstić information content (AvgIpc) is 3.03. The van der Waals surface area contributed by atoms with Crippen LogP contribution in [0.4, 0.5) is 9.39 Å². The standard InChI is InChI=1S/C23H20FNO3S/c1-3-28-23(27)21-20(17-10-12-18(24)13-11-17)15(2)29-22(21)25-19(26)14-9-16-7-5-4-6-8-16/h4-14H,3H2,1-2H3,(H,25,26)/b14-9+. The third kappa shape index (κ3) is 4.97. The Labute approximate surface area is 172 Å². The molecular formula is C23H20FNO3S. The number of carbonyl (C=O) groups excluding carboxylic acids is 2. The summed E-state index contributed by atoms with van der Waals surface area (Å²) in [6.45, 7) is 3.77. The molecular weight excluding hydrogens is 389 g/mol. The van der Waals surface area contributed by atoms with Gasteiger partial charge in [0, 0.05) is 16.5 Å². The molecule has 0 aliphatic carbocycles. The minimum atomic E-state index is -0.529. The van der Waals surface area contributed by atoms with Crippen LogP contribution >= 0.6 is 11.3 Å². The Kier molecular flexibility index (Phi) is 6.57. The van der Waals surface area contributed by atoms with Crippen LogP contribution in [0.3, 0.4) is 0 Å². The quantitative estimate of drug-likeness (QED) is 0.420. The first-order chi connectivity index (χ1) is 14.0. The van der Waals surface area contributed by atoms with Gasteiger partial charge in [0.1, 0.15) is 16.4 Å². The number of halogens is 1. The molecule has 1 aromatic heterocycles. The smallest absolute Gasteiger partial charge is 0.341 e. The summed E-state index contributed by atoms with van der Waals surface area (Å²) in [4.78, 5) is 25.9. The van der Waals surface area contributed by atoms with Crippen LogP contribution in [0, 0.1) is 12.7 Å². The van der Waals surface area contributed by atoms with E-state index in [1.165, 1.54) is 29.5 Å². The molecule has 0 unspecified atom stereocenters. The number of aryl methyl sites for hydroxylation is 1. The largest absolute Gasteiger partial charge is 0.462 e. The van der Waals surface area contributed by atoms with Crippen LogP contribution < -0.4 is 5.32 Å². The van der Waals surface area contributed by atoms with E-state index in [1.54, 1.807) is 25.1 Å². The summed E-state index contributed by atoms with van der Waals surface area (Å²) >= 11 is 1.28. The molecule has 3 rings (SSSR count). The number of hydrogen-bond acceptors (Lipinski definition) is 4. The zero-order chi connectivity index (χ0) is 20.8. The van der Waals surface area contributed by atoms with Crippen molar-refractivity contribution in [3.8, 4) is 11.1 Å². The maximum atomic E-state index is 13.3. The second kappa shape index (κ2) is 9.30. The number of hydrogen-bond donors (Lipinski definition) is 1. The predicted octanol–water partition coefficient (Wildman–Crippen LogP) is 5.69. The Morgan fingerprint density at radius 1 is 1.10 bits per heavy atom. The predicted molar refractivity (Wildman–Crippen MR) is 115 cm³/mol. The molecule has 0 fully saturated rings. The van der Waals surface area contributed by atoms with E-state index in [0.717, 1.165) is 10.4 Å². The van der Waals surface area contributed by atoms with Gasteiger partial charge in [-0.3, -0.25) is 4.79 Å². The number of esters is 1. The van der Waals surface area contributed by atoms with Crippen molar-refractivity contribution in [2.24, 2.45) is 0 Å². The van der Waals surface area contributed by atoms with Crippen molar-refractivity contribution < 1.29 is 18.7 Å². The molecule has 0 saturated carbocycles. The number of thiophene rings is 1. The first-order valence-corrected chi connectivity index (χ1v) is 9.91. The summed E-state index contributed by atoms with van der Waals surface area (Å²) in [7, 11) is 0. The third-order valence-electron chi connectivity index (χ3n) is 4.16. The van der Waals surface area contributed by atoms with E-state index in [-0.39, 0.29) is 23.9 Å². The Morgan fingerprint density at radius 3 is 2.45 bits per heavy atom. The van der Waals surface area contributed by atoms with Crippen LogP contribution in [0.2, 0.25) is 0 Å². The molecule has 0 aliphatic rings. The van der Waals surface area contributed by atoms with Gasteiger partial charge in [-0.1, -0.05) is 42.5 Å². The zero-order valence-electron chi connectivity index (χ0n) is 16.1. The van der Waals surface area contributed by atoms with Crippen LogP contribution in [0.25, 0.3) is 17.2 Å². The molecule has 1 heterocycles. The van der Waals surface area contributed by atoms with Crippen molar-refractivity contribution >= 4 is 34.3 Å². The number of benzene rings is 2. The highest BCUT2D eigenvalue weighted by Gasteiger charge is 2.25. The van der Waals surface area contributed by atoms with E-state index in [0.29, 0.717) is 16.1 Å². The van der Waals surface area contributed by atoms with Gasteiger partial charge in [-0.25, -0.2) is 9.18 Å². The topological polar surface area (TPSA) is 55.4 Å². The fourth-order valence-electron chi connectivity index (χ4n) is 2.88. The van der Waals surface area contributed by atoms with Gasteiger partial charge in [0.2, 0.25) is 5.91 Å². The highest BCUT2D eigenvalue weighted by Crippen LogP contribution is 2.40. The van der Waals surface area contributed by atoms with E-state index in [9.17, 15) is 14.0 Å². The van der Waals surface area contributed by atoms with Gasteiger partial charge in [-0.05, 0) is 43.2 Å². The zero-order valence-corrected chi connectivity index (χ0v) is 16.9. The van der Waals surface area contributed by atoms with E-state index in [2.05, 4.69) is 5.32 Å². The first kappa shape index (κ1) is 20.5. The molecule has 0 spiro atoms. The number of amides is 1. The molecule has 29 heavy (non-hydrogen) atoms. The van der Waals surface area contributed by atoms with Crippen molar-refractivity contribution in [3.05, 3.63) is 82.5 Å². The Morgan fingerprint density at radius 2 is 1.79 bits per heavy atom. The fraction of sp³-hybridized carbons (Fsp3) is 0.130. The van der Waals surface area contributed by atoms with E-state index in [4.69, 9.17) is 4.74 Å². The van der Waals surface area contributed by atoms with Crippen molar-refractivity contribution in [1.82, 2.24) is 0 Å². The maximum Gasteiger partial charge on any atom is 0.341 e. The molecule has 0 bridgehead atoms. The second-order valence-corrected chi connectivity index (χ2v) is 7.42. The molecule has 1 N–H and O–H groups in total. The molecule has 0 saturated heterocycles. The van der Waals surface area contributed by atoms with Crippen LogP contribution in [0.1, 0.15) is 27.7 Å². The number of rotatable bonds is 6. The van der Waals surface area contributed by atoms with Crippen molar-refractivity contribution in [3.63, 3.8) is 0 Å². The minimum absolute atomic E-state index is 0.206. The number of carbonyl (C=O) groups is 2. The summed E-state index contributed by atoms with van der Waals surface area (Å²) in [5.41, 5.74) is 2.49. The van der Waals surface area contributed by atoms with Crippen LogP contribution in [0.15, 0.2) is 60.7 Å².